The lowest BCUT2D eigenvalue weighted by Crippen LogP contribution is -2.09. The number of hydrogen-bond acceptors (Lipinski definition) is 3. The standard InChI is InChI=1S/C12H13N3O2/c1-7(12(16)17)11-14-8(2)10(15-11)9-5-3-4-6-13-9/h3-7H,1-2H3,(H,14,15)(H,16,17). The molecule has 0 spiro atoms. The Hall–Kier alpha value is -2.17. The molecule has 2 N–H and O–H groups in total. The second-order valence-corrected chi connectivity index (χ2v) is 3.87. The summed E-state index contributed by atoms with van der Waals surface area (Å²) < 4.78 is 0. The van der Waals surface area contributed by atoms with Crippen molar-refractivity contribution in [2.75, 3.05) is 0 Å². The molecule has 2 aromatic heterocycles. The molecule has 0 aliphatic heterocycles. The maximum Gasteiger partial charge on any atom is 0.313 e. The molecule has 88 valence electrons. The molecule has 2 rings (SSSR count). The smallest absolute Gasteiger partial charge is 0.313 e. The number of aromatic nitrogens is 3. The van der Waals surface area contributed by atoms with Crippen molar-refractivity contribution in [3.8, 4) is 11.4 Å². The zero-order valence-electron chi connectivity index (χ0n) is 9.64. The van der Waals surface area contributed by atoms with Gasteiger partial charge in [0, 0.05) is 11.9 Å². The van der Waals surface area contributed by atoms with E-state index < -0.39 is 11.9 Å². The molecule has 0 fully saturated rings. The van der Waals surface area contributed by atoms with E-state index >= 15 is 0 Å². The maximum absolute atomic E-state index is 10.9. The lowest BCUT2D eigenvalue weighted by atomic mass is 10.2. The van der Waals surface area contributed by atoms with Gasteiger partial charge in [0.25, 0.3) is 0 Å². The minimum atomic E-state index is -0.897. The molecule has 0 bridgehead atoms. The highest BCUT2D eigenvalue weighted by Crippen LogP contribution is 2.21. The fourth-order valence-electron chi connectivity index (χ4n) is 1.56. The van der Waals surface area contributed by atoms with E-state index in [2.05, 4.69) is 15.0 Å². The van der Waals surface area contributed by atoms with Crippen molar-refractivity contribution in [1.82, 2.24) is 15.0 Å². The van der Waals surface area contributed by atoms with Crippen LogP contribution < -0.4 is 0 Å². The lowest BCUT2D eigenvalue weighted by molar-refractivity contribution is -0.138. The first-order valence-corrected chi connectivity index (χ1v) is 5.30. The second kappa shape index (κ2) is 4.37. The first-order chi connectivity index (χ1) is 8.09. The Morgan fingerprint density at radius 1 is 1.47 bits per heavy atom. The van der Waals surface area contributed by atoms with Crippen LogP contribution in [0.1, 0.15) is 24.4 Å². The molecular weight excluding hydrogens is 218 g/mol. The van der Waals surface area contributed by atoms with E-state index in [-0.39, 0.29) is 0 Å². The number of rotatable bonds is 3. The summed E-state index contributed by atoms with van der Waals surface area (Å²) in [4.78, 5) is 22.4. The van der Waals surface area contributed by atoms with E-state index in [1.54, 1.807) is 13.1 Å². The SMILES string of the molecule is Cc1[nH]c(C(C)C(=O)O)nc1-c1ccccn1. The number of hydrogen-bond donors (Lipinski definition) is 2. The molecule has 1 unspecified atom stereocenters. The van der Waals surface area contributed by atoms with Gasteiger partial charge in [0.1, 0.15) is 17.4 Å². The number of imidazole rings is 1. The number of nitrogens with one attached hydrogen (secondary N) is 1. The third-order valence-electron chi connectivity index (χ3n) is 2.59. The van der Waals surface area contributed by atoms with Crippen LogP contribution in [0.5, 0.6) is 0 Å². The van der Waals surface area contributed by atoms with Gasteiger partial charge in [-0.1, -0.05) is 6.07 Å². The number of nitrogens with zero attached hydrogens (tertiary/aromatic N) is 2. The highest BCUT2D eigenvalue weighted by Gasteiger charge is 2.19. The average Bonchev–Trinajstić information content (AvgIpc) is 2.71. The normalized spacial score (nSPS) is 12.4. The number of carboxylic acid groups (broad SMARTS) is 1. The summed E-state index contributed by atoms with van der Waals surface area (Å²) in [6, 6.07) is 5.54. The van der Waals surface area contributed by atoms with Gasteiger partial charge in [-0.25, -0.2) is 4.98 Å². The quantitative estimate of drug-likeness (QED) is 0.846. The largest absolute Gasteiger partial charge is 0.481 e. The van der Waals surface area contributed by atoms with Gasteiger partial charge in [0.15, 0.2) is 0 Å². The van der Waals surface area contributed by atoms with Gasteiger partial charge in [-0.05, 0) is 26.0 Å². The van der Waals surface area contributed by atoms with Crippen molar-refractivity contribution < 1.29 is 9.90 Å². The van der Waals surface area contributed by atoms with Gasteiger partial charge in [-0.3, -0.25) is 9.78 Å². The van der Waals surface area contributed by atoms with Gasteiger partial charge in [-0.2, -0.15) is 0 Å². The van der Waals surface area contributed by atoms with Crippen LogP contribution in [0.4, 0.5) is 0 Å². The Morgan fingerprint density at radius 3 is 2.82 bits per heavy atom. The third kappa shape index (κ3) is 2.18. The summed E-state index contributed by atoms with van der Waals surface area (Å²) in [5.41, 5.74) is 2.27. The Labute approximate surface area is 98.6 Å². The van der Waals surface area contributed by atoms with E-state index in [0.717, 1.165) is 11.4 Å². The molecule has 17 heavy (non-hydrogen) atoms. The molecule has 0 saturated heterocycles. The Kier molecular flexibility index (Phi) is 2.91. The number of carbonyl (C=O) groups is 1. The molecule has 0 amide bonds. The number of aliphatic carboxylic acids is 1. The van der Waals surface area contributed by atoms with Crippen molar-refractivity contribution in [3.63, 3.8) is 0 Å². The fourth-order valence-corrected chi connectivity index (χ4v) is 1.56. The van der Waals surface area contributed by atoms with E-state index in [9.17, 15) is 4.79 Å². The van der Waals surface area contributed by atoms with E-state index in [1.807, 2.05) is 25.1 Å². The summed E-state index contributed by atoms with van der Waals surface area (Å²) in [5, 5.41) is 8.93. The van der Waals surface area contributed by atoms with Gasteiger partial charge in [0.2, 0.25) is 0 Å². The topological polar surface area (TPSA) is 78.9 Å². The molecule has 0 radical (unpaired) electrons. The molecular formula is C12H13N3O2. The van der Waals surface area contributed by atoms with Crippen LogP contribution in [0, 0.1) is 6.92 Å². The van der Waals surface area contributed by atoms with Gasteiger partial charge < -0.3 is 10.1 Å². The monoisotopic (exact) mass is 231 g/mol. The molecule has 1 atom stereocenters. The summed E-state index contributed by atoms with van der Waals surface area (Å²) >= 11 is 0. The minimum absolute atomic E-state index is 0.454. The summed E-state index contributed by atoms with van der Waals surface area (Å²) in [5.74, 6) is -1.09. The summed E-state index contributed by atoms with van der Waals surface area (Å²) in [6.45, 7) is 3.46. The predicted octanol–water partition coefficient (Wildman–Crippen LogP) is 1.97. The summed E-state index contributed by atoms with van der Waals surface area (Å²) in [6.07, 6.45) is 1.68. The summed E-state index contributed by atoms with van der Waals surface area (Å²) in [7, 11) is 0. The van der Waals surface area contributed by atoms with Crippen LogP contribution in [-0.2, 0) is 4.79 Å². The molecule has 0 saturated carbocycles. The maximum atomic E-state index is 10.9. The molecule has 2 heterocycles. The lowest BCUT2D eigenvalue weighted by Gasteiger charge is -2.00. The number of carboxylic acids is 1. The van der Waals surface area contributed by atoms with Gasteiger partial charge >= 0.3 is 5.97 Å². The Balaban J connectivity index is 2.41. The van der Waals surface area contributed by atoms with Crippen molar-refractivity contribution in [3.05, 3.63) is 35.9 Å². The first-order valence-electron chi connectivity index (χ1n) is 5.30. The van der Waals surface area contributed by atoms with Crippen LogP contribution in [0.15, 0.2) is 24.4 Å². The third-order valence-corrected chi connectivity index (χ3v) is 2.59. The number of H-pyrrole nitrogens is 1. The molecule has 2 aromatic rings. The van der Waals surface area contributed by atoms with E-state index in [0.29, 0.717) is 11.5 Å². The molecule has 0 aromatic carbocycles. The highest BCUT2D eigenvalue weighted by atomic mass is 16.4. The highest BCUT2D eigenvalue weighted by molar-refractivity contribution is 5.74. The minimum Gasteiger partial charge on any atom is -0.481 e. The zero-order valence-corrected chi connectivity index (χ0v) is 9.64. The van der Waals surface area contributed by atoms with Crippen molar-refractivity contribution in [1.29, 1.82) is 0 Å². The fraction of sp³-hybridized carbons (Fsp3) is 0.250. The van der Waals surface area contributed by atoms with E-state index in [1.165, 1.54) is 0 Å². The van der Waals surface area contributed by atoms with Crippen LogP contribution in [-0.4, -0.2) is 26.0 Å². The van der Waals surface area contributed by atoms with Crippen LogP contribution in [0.2, 0.25) is 0 Å². The second-order valence-electron chi connectivity index (χ2n) is 3.87. The Morgan fingerprint density at radius 2 is 2.24 bits per heavy atom. The molecule has 5 heteroatoms. The van der Waals surface area contributed by atoms with Gasteiger partial charge in [-0.15, -0.1) is 0 Å². The van der Waals surface area contributed by atoms with Crippen LogP contribution in [0.25, 0.3) is 11.4 Å². The number of aryl methyl sites for hydroxylation is 1. The van der Waals surface area contributed by atoms with Crippen molar-refractivity contribution in [2.24, 2.45) is 0 Å². The van der Waals surface area contributed by atoms with Crippen molar-refractivity contribution in [2.45, 2.75) is 19.8 Å². The first kappa shape index (κ1) is 11.3. The molecule has 0 aliphatic carbocycles. The van der Waals surface area contributed by atoms with Crippen LogP contribution >= 0.6 is 0 Å². The van der Waals surface area contributed by atoms with Crippen molar-refractivity contribution >= 4 is 5.97 Å². The number of aromatic amines is 1. The molecule has 0 aliphatic rings. The number of pyridine rings is 1. The molecule has 5 nitrogen and oxygen atoms in total. The Bertz CT molecular complexity index is 534. The van der Waals surface area contributed by atoms with E-state index in [4.69, 9.17) is 5.11 Å². The average molecular weight is 231 g/mol. The van der Waals surface area contributed by atoms with Crippen LogP contribution in [0.3, 0.4) is 0 Å². The van der Waals surface area contributed by atoms with Gasteiger partial charge in [0.05, 0.1) is 5.69 Å². The predicted molar refractivity (Wildman–Crippen MR) is 62.6 cm³/mol. The zero-order chi connectivity index (χ0) is 12.4.